The fourth-order valence-electron chi connectivity index (χ4n) is 1.63. The molecule has 0 aliphatic rings. The first-order valence-electron chi connectivity index (χ1n) is 6.08. The van der Waals surface area contributed by atoms with E-state index in [9.17, 15) is 4.79 Å². The van der Waals surface area contributed by atoms with E-state index in [0.717, 1.165) is 15.6 Å². The SMILES string of the molecule is COC(=O)CCNc1ncc(-c2ccccc2Br)cn1. The van der Waals surface area contributed by atoms with Gasteiger partial charge in [0.1, 0.15) is 0 Å². The van der Waals surface area contributed by atoms with E-state index in [1.807, 2.05) is 24.3 Å². The summed E-state index contributed by atoms with van der Waals surface area (Å²) in [5.74, 6) is 0.229. The zero-order valence-electron chi connectivity index (χ0n) is 11.0. The molecule has 5 nitrogen and oxygen atoms in total. The number of methoxy groups -OCH3 is 1. The van der Waals surface area contributed by atoms with E-state index in [0.29, 0.717) is 12.5 Å². The standard InChI is InChI=1S/C14H14BrN3O2/c1-20-13(19)6-7-16-14-17-8-10(9-18-14)11-4-2-3-5-12(11)15/h2-5,8-9H,6-7H2,1H3,(H,16,17,18). The van der Waals surface area contributed by atoms with Crippen LogP contribution in [0.25, 0.3) is 11.1 Å². The Bertz CT molecular complexity index is 587. The first kappa shape index (κ1) is 14.5. The lowest BCUT2D eigenvalue weighted by Crippen LogP contribution is -2.11. The maximum atomic E-state index is 11.0. The number of rotatable bonds is 5. The number of nitrogens with zero attached hydrogens (tertiary/aromatic N) is 2. The second-order valence-corrected chi connectivity index (χ2v) is 4.88. The Morgan fingerprint density at radius 2 is 2.00 bits per heavy atom. The van der Waals surface area contributed by atoms with E-state index in [-0.39, 0.29) is 12.4 Å². The fourth-order valence-corrected chi connectivity index (χ4v) is 2.15. The smallest absolute Gasteiger partial charge is 0.307 e. The maximum Gasteiger partial charge on any atom is 0.307 e. The van der Waals surface area contributed by atoms with Crippen LogP contribution in [0.1, 0.15) is 6.42 Å². The lowest BCUT2D eigenvalue weighted by atomic mass is 10.1. The normalized spacial score (nSPS) is 10.1. The molecule has 0 fully saturated rings. The van der Waals surface area contributed by atoms with Crippen molar-refractivity contribution in [2.24, 2.45) is 0 Å². The van der Waals surface area contributed by atoms with Gasteiger partial charge in [-0.25, -0.2) is 9.97 Å². The average molecular weight is 336 g/mol. The summed E-state index contributed by atoms with van der Waals surface area (Å²) in [6.07, 6.45) is 3.77. The second-order valence-electron chi connectivity index (χ2n) is 4.03. The number of hydrogen-bond acceptors (Lipinski definition) is 5. The van der Waals surface area contributed by atoms with Crippen LogP contribution in [-0.4, -0.2) is 29.6 Å². The minimum atomic E-state index is -0.262. The Balaban J connectivity index is 2.00. The van der Waals surface area contributed by atoms with Crippen LogP contribution in [0.4, 0.5) is 5.95 Å². The van der Waals surface area contributed by atoms with E-state index in [4.69, 9.17) is 0 Å². The van der Waals surface area contributed by atoms with Crippen molar-refractivity contribution in [3.8, 4) is 11.1 Å². The Labute approximate surface area is 125 Å². The molecule has 0 aliphatic carbocycles. The van der Waals surface area contributed by atoms with Gasteiger partial charge in [0.25, 0.3) is 0 Å². The first-order chi connectivity index (χ1) is 9.70. The van der Waals surface area contributed by atoms with Gasteiger partial charge in [0, 0.05) is 29.0 Å². The summed E-state index contributed by atoms with van der Waals surface area (Å²) in [5.41, 5.74) is 1.96. The Morgan fingerprint density at radius 3 is 2.65 bits per heavy atom. The van der Waals surface area contributed by atoms with Gasteiger partial charge in [0.2, 0.25) is 5.95 Å². The number of esters is 1. The van der Waals surface area contributed by atoms with E-state index < -0.39 is 0 Å². The molecule has 20 heavy (non-hydrogen) atoms. The third-order valence-corrected chi connectivity index (χ3v) is 3.37. The molecule has 0 radical (unpaired) electrons. The van der Waals surface area contributed by atoms with Crippen LogP contribution < -0.4 is 5.32 Å². The molecule has 0 saturated carbocycles. The highest BCUT2D eigenvalue weighted by atomic mass is 79.9. The molecular formula is C14H14BrN3O2. The van der Waals surface area contributed by atoms with Crippen molar-refractivity contribution < 1.29 is 9.53 Å². The van der Waals surface area contributed by atoms with Gasteiger partial charge in [-0.3, -0.25) is 4.79 Å². The van der Waals surface area contributed by atoms with Crippen LogP contribution >= 0.6 is 15.9 Å². The predicted octanol–water partition coefficient (Wildman–Crippen LogP) is 2.88. The lowest BCUT2D eigenvalue weighted by molar-refractivity contribution is -0.140. The van der Waals surface area contributed by atoms with Crippen molar-refractivity contribution in [2.75, 3.05) is 19.0 Å². The largest absolute Gasteiger partial charge is 0.469 e. The van der Waals surface area contributed by atoms with Crippen molar-refractivity contribution in [3.05, 3.63) is 41.1 Å². The summed E-state index contributed by atoms with van der Waals surface area (Å²) in [6.45, 7) is 0.445. The molecule has 2 rings (SSSR count). The van der Waals surface area contributed by atoms with Crippen LogP contribution in [-0.2, 0) is 9.53 Å². The fraction of sp³-hybridized carbons (Fsp3) is 0.214. The Kier molecular flexibility index (Phi) is 5.06. The molecule has 0 atom stereocenters. The van der Waals surface area contributed by atoms with Crippen LogP contribution in [0.3, 0.4) is 0 Å². The molecule has 6 heteroatoms. The number of anilines is 1. The summed E-state index contributed by atoms with van der Waals surface area (Å²) >= 11 is 3.49. The third kappa shape index (κ3) is 3.77. The van der Waals surface area contributed by atoms with Gasteiger partial charge in [0.05, 0.1) is 13.5 Å². The summed E-state index contributed by atoms with van der Waals surface area (Å²) in [4.78, 5) is 19.4. The van der Waals surface area contributed by atoms with E-state index in [2.05, 4.69) is 36.0 Å². The third-order valence-electron chi connectivity index (χ3n) is 2.68. The molecule has 104 valence electrons. The van der Waals surface area contributed by atoms with Crippen LogP contribution in [0, 0.1) is 0 Å². The number of halogens is 1. The number of carbonyl (C=O) groups is 1. The van der Waals surface area contributed by atoms with E-state index >= 15 is 0 Å². The Morgan fingerprint density at radius 1 is 1.30 bits per heavy atom. The second kappa shape index (κ2) is 7.00. The van der Waals surface area contributed by atoms with Gasteiger partial charge in [0.15, 0.2) is 0 Å². The van der Waals surface area contributed by atoms with Gasteiger partial charge < -0.3 is 10.1 Å². The molecule has 0 bridgehead atoms. The molecule has 0 unspecified atom stereocenters. The molecular weight excluding hydrogens is 322 g/mol. The summed E-state index contributed by atoms with van der Waals surface area (Å²) < 4.78 is 5.55. The summed E-state index contributed by atoms with van der Waals surface area (Å²) in [7, 11) is 1.37. The maximum absolute atomic E-state index is 11.0. The van der Waals surface area contributed by atoms with Crippen LogP contribution in [0.15, 0.2) is 41.1 Å². The molecule has 1 aromatic carbocycles. The highest BCUT2D eigenvalue weighted by Gasteiger charge is 2.04. The number of hydrogen-bond donors (Lipinski definition) is 1. The molecule has 0 saturated heterocycles. The zero-order chi connectivity index (χ0) is 14.4. The topological polar surface area (TPSA) is 64.1 Å². The molecule has 1 heterocycles. The number of aromatic nitrogens is 2. The molecule has 1 N–H and O–H groups in total. The highest BCUT2D eigenvalue weighted by molar-refractivity contribution is 9.10. The molecule has 0 spiro atoms. The average Bonchev–Trinajstić information content (AvgIpc) is 2.48. The minimum Gasteiger partial charge on any atom is -0.469 e. The van der Waals surface area contributed by atoms with Gasteiger partial charge in [-0.1, -0.05) is 34.1 Å². The summed E-state index contributed by atoms with van der Waals surface area (Å²) in [6, 6.07) is 7.88. The predicted molar refractivity (Wildman–Crippen MR) is 80.3 cm³/mol. The van der Waals surface area contributed by atoms with Gasteiger partial charge >= 0.3 is 5.97 Å². The monoisotopic (exact) mass is 335 g/mol. The molecule has 2 aromatic rings. The molecule has 0 amide bonds. The molecule has 0 aliphatic heterocycles. The van der Waals surface area contributed by atoms with Gasteiger partial charge in [-0.2, -0.15) is 0 Å². The van der Waals surface area contributed by atoms with Crippen molar-refractivity contribution in [1.29, 1.82) is 0 Å². The van der Waals surface area contributed by atoms with Gasteiger partial charge in [-0.05, 0) is 11.6 Å². The Hall–Kier alpha value is -1.95. The lowest BCUT2D eigenvalue weighted by Gasteiger charge is -2.06. The molecule has 1 aromatic heterocycles. The van der Waals surface area contributed by atoms with E-state index in [1.54, 1.807) is 12.4 Å². The van der Waals surface area contributed by atoms with Crippen LogP contribution in [0.5, 0.6) is 0 Å². The summed E-state index contributed by atoms with van der Waals surface area (Å²) in [5, 5.41) is 2.97. The van der Waals surface area contributed by atoms with Crippen molar-refractivity contribution in [3.63, 3.8) is 0 Å². The first-order valence-corrected chi connectivity index (χ1v) is 6.87. The zero-order valence-corrected chi connectivity index (χ0v) is 12.6. The van der Waals surface area contributed by atoms with E-state index in [1.165, 1.54) is 7.11 Å². The van der Waals surface area contributed by atoms with Gasteiger partial charge in [-0.15, -0.1) is 0 Å². The minimum absolute atomic E-state index is 0.262. The quantitative estimate of drug-likeness (QED) is 0.851. The van der Waals surface area contributed by atoms with Crippen molar-refractivity contribution in [2.45, 2.75) is 6.42 Å². The highest BCUT2D eigenvalue weighted by Crippen LogP contribution is 2.26. The van der Waals surface area contributed by atoms with Crippen LogP contribution in [0.2, 0.25) is 0 Å². The number of ether oxygens (including phenoxy) is 1. The number of carbonyl (C=O) groups excluding carboxylic acids is 1. The van der Waals surface area contributed by atoms with Crippen molar-refractivity contribution >= 4 is 27.8 Å². The number of nitrogens with one attached hydrogen (secondary N) is 1. The van der Waals surface area contributed by atoms with Crippen molar-refractivity contribution in [1.82, 2.24) is 9.97 Å². The number of benzene rings is 1.